The number of hydrogen-bond acceptors (Lipinski definition) is 22. The number of hydrogen-bond donors (Lipinski definition) is 3. The second-order valence-electron chi connectivity index (χ2n) is 29.0. The topological polar surface area (TPSA) is 323 Å². The highest BCUT2D eigenvalue weighted by Gasteiger charge is 2.53. The normalized spacial score (nSPS) is 21.5. The predicted molar refractivity (Wildman–Crippen MR) is 368 cm³/mol. The third-order valence-electron chi connectivity index (χ3n) is 17.0. The summed E-state index contributed by atoms with van der Waals surface area (Å²) in [5, 5.41) is 14.2. The molecule has 27 nitrogen and oxygen atoms in total. The van der Waals surface area contributed by atoms with Crippen molar-refractivity contribution in [2.24, 2.45) is 10.8 Å². The van der Waals surface area contributed by atoms with Crippen molar-refractivity contribution < 1.29 is 135 Å². The average Bonchev–Trinajstić information content (AvgIpc) is 1.75. The van der Waals surface area contributed by atoms with Crippen molar-refractivity contribution in [1.82, 2.24) is 40.4 Å². The van der Waals surface area contributed by atoms with E-state index >= 15 is 8.78 Å². The van der Waals surface area contributed by atoms with Crippen molar-refractivity contribution in [1.29, 1.82) is 0 Å². The number of halogens is 10. The minimum atomic E-state index is -5.05. The number of carbonyl (C=O) groups excluding carboxylic acids is 6. The molecule has 0 bridgehead atoms. The average molecular weight is 1560 g/mol. The molecule has 10 atom stereocenters. The SMILES string of the molecule is C=CC(F)(F)c1nc2cc(OC(F)(F)F)ccc2nc1O[C@@H]1C[C@@H](C(=O)OC)N(C(=O)OC(C)(C)C)C1.C=CCO[C@@H]1CCC[C@H]1OC(=O)N[C@H](C(=O)N1C[C@](C)(Oc2nc3ccc(OC(F)(F)F)cc3nc2C(F)(F)C=C)C[C@H]1C(=O)OC)C(C)(C)C.C=CCO[C@@H]1CCC[C@H]1OC(=O)N[C@H](C(=O)O)C(C)(C)C. The Morgan fingerprint density at radius 2 is 1.03 bits per heavy atom. The smallest absolute Gasteiger partial charge is 0.480 e. The van der Waals surface area contributed by atoms with Crippen LogP contribution < -0.4 is 29.6 Å². The van der Waals surface area contributed by atoms with Gasteiger partial charge < -0.3 is 72.7 Å². The van der Waals surface area contributed by atoms with Crippen molar-refractivity contribution in [3.05, 3.63) is 98.4 Å². The lowest BCUT2D eigenvalue weighted by atomic mass is 9.85. The van der Waals surface area contributed by atoms with E-state index in [0.717, 1.165) is 86.1 Å². The molecule has 4 aliphatic rings. The number of carbonyl (C=O) groups is 7. The molecule has 4 aromatic rings. The van der Waals surface area contributed by atoms with E-state index in [2.05, 4.69) is 66.4 Å². The summed E-state index contributed by atoms with van der Waals surface area (Å²) in [5.41, 5.74) is -6.92. The molecular formula is C72H90F10N8O19. The van der Waals surface area contributed by atoms with Crippen LogP contribution in [0.5, 0.6) is 23.3 Å². The molecular weight excluding hydrogens is 1470 g/mol. The first-order chi connectivity index (χ1) is 50.5. The molecule has 0 radical (unpaired) electrons. The Morgan fingerprint density at radius 1 is 0.596 bits per heavy atom. The van der Waals surface area contributed by atoms with Gasteiger partial charge in [0, 0.05) is 25.0 Å². The number of carboxylic acid groups (broad SMARTS) is 1. The zero-order valence-corrected chi connectivity index (χ0v) is 62.0. The Balaban J connectivity index is 0.000000279. The van der Waals surface area contributed by atoms with Crippen LogP contribution in [-0.2, 0) is 64.2 Å². The summed E-state index contributed by atoms with van der Waals surface area (Å²) < 4.78 is 193. The van der Waals surface area contributed by atoms with Gasteiger partial charge in [-0.15, -0.1) is 39.5 Å². The molecule has 37 heteroatoms. The van der Waals surface area contributed by atoms with Crippen LogP contribution in [0.3, 0.4) is 0 Å². The second kappa shape index (κ2) is 35.7. The van der Waals surface area contributed by atoms with E-state index in [0.29, 0.717) is 19.4 Å². The second-order valence-corrected chi connectivity index (χ2v) is 29.0. The quantitative estimate of drug-likeness (QED) is 0.0254. The molecule has 0 spiro atoms. The Labute approximate surface area is 621 Å². The number of aliphatic carboxylic acids is 1. The van der Waals surface area contributed by atoms with Crippen LogP contribution in [0.4, 0.5) is 58.3 Å². The molecule has 109 heavy (non-hydrogen) atoms. The summed E-state index contributed by atoms with van der Waals surface area (Å²) >= 11 is 0. The van der Waals surface area contributed by atoms with Gasteiger partial charge in [-0.3, -0.25) is 9.69 Å². The molecule has 0 unspecified atom stereocenters. The molecule has 2 aromatic heterocycles. The van der Waals surface area contributed by atoms with E-state index in [-0.39, 0.29) is 85.1 Å². The molecule has 2 saturated carbocycles. The predicted octanol–water partition coefficient (Wildman–Crippen LogP) is 13.1. The van der Waals surface area contributed by atoms with Crippen LogP contribution in [0.1, 0.15) is 132 Å². The Kier molecular flexibility index (Phi) is 28.9. The minimum absolute atomic E-state index is 0.0698. The number of alkyl carbamates (subject to hydrolysis) is 2. The molecule has 2 aromatic carbocycles. The molecule has 3 N–H and O–H groups in total. The summed E-state index contributed by atoms with van der Waals surface area (Å²) in [6.45, 7) is 30.2. The van der Waals surface area contributed by atoms with Gasteiger partial charge in [0.25, 0.3) is 0 Å². The lowest BCUT2D eigenvalue weighted by Crippen LogP contribution is -2.57. The number of alkyl halides is 10. The lowest BCUT2D eigenvalue weighted by Gasteiger charge is -2.35. The number of methoxy groups -OCH3 is 2. The molecule has 602 valence electrons. The molecule has 4 amide bonds. The summed E-state index contributed by atoms with van der Waals surface area (Å²) in [5.74, 6) is -13.8. The van der Waals surface area contributed by atoms with Gasteiger partial charge in [-0.05, 0) is 113 Å². The zero-order chi connectivity index (χ0) is 81.7. The number of carboxylic acids is 1. The van der Waals surface area contributed by atoms with Gasteiger partial charge in [-0.2, -0.15) is 17.6 Å². The largest absolute Gasteiger partial charge is 0.573 e. The fourth-order valence-electron chi connectivity index (χ4n) is 11.9. The van der Waals surface area contributed by atoms with Gasteiger partial charge in [0.2, 0.25) is 17.7 Å². The lowest BCUT2D eigenvalue weighted by molar-refractivity contribution is -0.275. The van der Waals surface area contributed by atoms with E-state index in [1.54, 1.807) is 74.5 Å². The maximum Gasteiger partial charge on any atom is 0.573 e. The van der Waals surface area contributed by atoms with E-state index in [9.17, 15) is 73.8 Å². The van der Waals surface area contributed by atoms with Gasteiger partial charge in [0.05, 0.1) is 74.8 Å². The zero-order valence-electron chi connectivity index (χ0n) is 62.0. The maximum atomic E-state index is 15.2. The van der Waals surface area contributed by atoms with Gasteiger partial charge >= 0.3 is 60.8 Å². The van der Waals surface area contributed by atoms with Crippen LogP contribution in [0.15, 0.2) is 87.0 Å². The first-order valence-corrected chi connectivity index (χ1v) is 34.1. The molecule has 2 aliphatic carbocycles. The van der Waals surface area contributed by atoms with Crippen LogP contribution in [0.2, 0.25) is 0 Å². The molecule has 2 saturated heterocycles. The van der Waals surface area contributed by atoms with Gasteiger partial charge in [-0.25, -0.2) is 48.7 Å². The molecule has 4 fully saturated rings. The number of fused-ring (bicyclic) bond motifs is 2. The van der Waals surface area contributed by atoms with E-state index in [1.807, 2.05) is 0 Å². The summed E-state index contributed by atoms with van der Waals surface area (Å²) in [4.78, 5) is 106. The first kappa shape index (κ1) is 88.1. The van der Waals surface area contributed by atoms with Gasteiger partial charge in [0.15, 0.2) is 11.4 Å². The summed E-state index contributed by atoms with van der Waals surface area (Å²) in [6, 6.07) is 0.988. The third-order valence-corrected chi connectivity index (χ3v) is 17.0. The van der Waals surface area contributed by atoms with Gasteiger partial charge in [0.1, 0.15) is 65.2 Å². The Morgan fingerprint density at radius 3 is 1.44 bits per heavy atom. The number of ether oxygens (including phenoxy) is 11. The number of amides is 4. The number of nitrogens with zero attached hydrogens (tertiary/aromatic N) is 6. The van der Waals surface area contributed by atoms with Crippen molar-refractivity contribution in [3.8, 4) is 23.3 Å². The van der Waals surface area contributed by atoms with E-state index in [4.69, 9.17) is 42.6 Å². The number of esters is 2. The Hall–Kier alpha value is -9.81. The van der Waals surface area contributed by atoms with Crippen LogP contribution >= 0.6 is 0 Å². The number of allylic oxidation sites excluding steroid dienone is 2. The maximum absolute atomic E-state index is 15.2. The molecule has 4 heterocycles. The molecule has 2 aliphatic heterocycles. The van der Waals surface area contributed by atoms with E-state index in [1.165, 1.54) is 6.92 Å². The van der Waals surface area contributed by atoms with Crippen molar-refractivity contribution >= 4 is 64.2 Å². The Bertz CT molecular complexity index is 3960. The van der Waals surface area contributed by atoms with Crippen molar-refractivity contribution in [2.45, 2.75) is 211 Å². The van der Waals surface area contributed by atoms with Crippen molar-refractivity contribution in [3.63, 3.8) is 0 Å². The fourth-order valence-corrected chi connectivity index (χ4v) is 11.9. The van der Waals surface area contributed by atoms with Gasteiger partial charge in [-0.1, -0.05) is 66.9 Å². The number of nitrogens with one attached hydrogen (secondary N) is 2. The van der Waals surface area contributed by atoms with E-state index < -0.39 is 160 Å². The first-order valence-electron chi connectivity index (χ1n) is 34.1. The minimum Gasteiger partial charge on any atom is -0.480 e. The third kappa shape index (κ3) is 24.6. The summed E-state index contributed by atoms with van der Waals surface area (Å²) in [7, 11) is 2.23. The number of rotatable bonds is 24. The fraction of sp³-hybridized carbons (Fsp3) is 0.569. The molecule has 8 rings (SSSR count). The van der Waals surface area contributed by atoms with Crippen LogP contribution in [0, 0.1) is 10.8 Å². The number of aromatic nitrogens is 4. The highest BCUT2D eigenvalue weighted by Crippen LogP contribution is 2.42. The van der Waals surface area contributed by atoms with Crippen LogP contribution in [-0.4, -0.2) is 196 Å². The van der Waals surface area contributed by atoms with Crippen molar-refractivity contribution in [2.75, 3.05) is 40.5 Å². The monoisotopic (exact) mass is 1560 g/mol. The number of likely N-dealkylation sites (tertiary alicyclic amines) is 2. The van der Waals surface area contributed by atoms with Crippen LogP contribution in [0.25, 0.3) is 22.1 Å². The summed E-state index contributed by atoms with van der Waals surface area (Å²) in [6.07, 6.45) is -7.02. The highest BCUT2D eigenvalue weighted by molar-refractivity contribution is 5.91. The standard InChI is InChI=1S/C34H41F5N4O8.C23H24F5N3O6.C15H25NO5/c1-8-15-48-23-11-10-12-24(23)49-30(46)42-26(31(3,4)5)28(44)43-18-32(6,17-22(43)29(45)47-7)51-27-25(33(35,36)9-2)40-21-16-19(50-34(37,38)39)13-14-20(21)41-27;1-6-22(24,25)17-18(30-14-8-7-12(9-15(14)29-17)36-23(26,27)28)35-13-10-16(19(32)34-5)31(11-13)20(33)37-21(2,3)4;1-5-9-20-10-7-6-8-11(10)21-14(19)16-12(13(17)18)15(2,3)4/h8-9,13-14,16,22-24,26H,1-2,10-12,15,17-18H2,3-7H3,(H,42,46);6-9,13,16H,1,10-11H2,2-5H3;5,10-12H,1,6-9H2,2-4H3,(H,16,19)(H,17,18)/t22-,23+,24+,26+,32+;13-,16+;10-,11-,12-/m011/s1. The number of benzene rings is 2. The highest BCUT2D eigenvalue weighted by atomic mass is 19.4.